The van der Waals surface area contributed by atoms with Gasteiger partial charge in [-0.3, -0.25) is 4.79 Å². The summed E-state index contributed by atoms with van der Waals surface area (Å²) < 4.78 is 6.96. The standard InChI is InChI=1S/C18H17N3O2/c1-20(18(22)10-9-17-8-5-11-23-17)13-15-12-19-21(14-15)16-6-3-2-4-7-16/h2-12,14H,13H2,1H3/b10-9+. The Balaban J connectivity index is 1.63. The topological polar surface area (TPSA) is 51.3 Å². The van der Waals surface area contributed by atoms with Gasteiger partial charge < -0.3 is 9.32 Å². The van der Waals surface area contributed by atoms with Gasteiger partial charge in [0, 0.05) is 31.4 Å². The number of hydrogen-bond acceptors (Lipinski definition) is 3. The number of aromatic nitrogens is 2. The number of furan rings is 1. The molecule has 0 bridgehead atoms. The minimum absolute atomic E-state index is 0.0890. The van der Waals surface area contributed by atoms with Crippen LogP contribution in [0, 0.1) is 0 Å². The number of carbonyl (C=O) groups is 1. The fourth-order valence-electron chi connectivity index (χ4n) is 2.18. The molecule has 116 valence electrons. The summed E-state index contributed by atoms with van der Waals surface area (Å²) in [5, 5.41) is 4.33. The highest BCUT2D eigenvalue weighted by atomic mass is 16.3. The highest BCUT2D eigenvalue weighted by Crippen LogP contribution is 2.10. The lowest BCUT2D eigenvalue weighted by molar-refractivity contribution is -0.125. The van der Waals surface area contributed by atoms with Crippen molar-refractivity contribution in [3.8, 4) is 5.69 Å². The van der Waals surface area contributed by atoms with Gasteiger partial charge in [0.05, 0.1) is 18.1 Å². The summed E-state index contributed by atoms with van der Waals surface area (Å²) in [6.07, 6.45) is 8.43. The molecule has 0 N–H and O–H groups in total. The van der Waals surface area contributed by atoms with Crippen molar-refractivity contribution in [3.05, 3.63) is 78.5 Å². The van der Waals surface area contributed by atoms with E-state index in [1.165, 1.54) is 6.08 Å². The minimum Gasteiger partial charge on any atom is -0.465 e. The summed E-state index contributed by atoms with van der Waals surface area (Å²) in [6.45, 7) is 0.494. The summed E-state index contributed by atoms with van der Waals surface area (Å²) >= 11 is 0. The summed E-state index contributed by atoms with van der Waals surface area (Å²) in [5.41, 5.74) is 1.96. The van der Waals surface area contributed by atoms with E-state index in [1.807, 2.05) is 36.5 Å². The first kappa shape index (κ1) is 14.8. The largest absolute Gasteiger partial charge is 0.465 e. The molecule has 5 heteroatoms. The van der Waals surface area contributed by atoms with Gasteiger partial charge in [-0.1, -0.05) is 18.2 Å². The van der Waals surface area contributed by atoms with Crippen molar-refractivity contribution in [2.24, 2.45) is 0 Å². The Morgan fingerprint density at radius 3 is 2.83 bits per heavy atom. The van der Waals surface area contributed by atoms with Crippen LogP contribution in [0.15, 0.2) is 71.6 Å². The average molecular weight is 307 g/mol. The maximum atomic E-state index is 12.1. The van der Waals surface area contributed by atoms with E-state index < -0.39 is 0 Å². The Labute approximate surface area is 134 Å². The molecule has 0 saturated heterocycles. The van der Waals surface area contributed by atoms with Gasteiger partial charge >= 0.3 is 0 Å². The van der Waals surface area contributed by atoms with E-state index in [2.05, 4.69) is 5.10 Å². The van der Waals surface area contributed by atoms with Gasteiger partial charge in [0.25, 0.3) is 0 Å². The van der Waals surface area contributed by atoms with Gasteiger partial charge in [-0.25, -0.2) is 4.68 Å². The first-order valence-electron chi connectivity index (χ1n) is 7.28. The minimum atomic E-state index is -0.0890. The first-order valence-corrected chi connectivity index (χ1v) is 7.28. The molecule has 0 aliphatic carbocycles. The fraction of sp³-hybridized carbons (Fsp3) is 0.111. The normalized spacial score (nSPS) is 11.0. The second-order valence-corrected chi connectivity index (χ2v) is 5.17. The maximum absolute atomic E-state index is 12.1. The Morgan fingerprint density at radius 2 is 2.09 bits per heavy atom. The number of carbonyl (C=O) groups excluding carboxylic acids is 1. The van der Waals surface area contributed by atoms with Crippen molar-refractivity contribution < 1.29 is 9.21 Å². The van der Waals surface area contributed by atoms with Gasteiger partial charge in [0.2, 0.25) is 5.91 Å². The molecule has 3 rings (SSSR count). The van der Waals surface area contributed by atoms with E-state index in [9.17, 15) is 4.79 Å². The van der Waals surface area contributed by atoms with Crippen LogP contribution in [0.1, 0.15) is 11.3 Å². The quantitative estimate of drug-likeness (QED) is 0.680. The van der Waals surface area contributed by atoms with Crippen LogP contribution in [-0.4, -0.2) is 27.6 Å². The van der Waals surface area contributed by atoms with Gasteiger partial charge in [-0.2, -0.15) is 5.10 Å². The van der Waals surface area contributed by atoms with Crippen molar-refractivity contribution in [3.63, 3.8) is 0 Å². The predicted octanol–water partition coefficient (Wildman–Crippen LogP) is 3.14. The van der Waals surface area contributed by atoms with E-state index in [0.29, 0.717) is 12.3 Å². The van der Waals surface area contributed by atoms with Crippen LogP contribution in [0.25, 0.3) is 11.8 Å². The maximum Gasteiger partial charge on any atom is 0.246 e. The molecule has 1 amide bonds. The molecule has 2 heterocycles. The molecule has 0 atom stereocenters. The molecule has 0 spiro atoms. The summed E-state index contributed by atoms with van der Waals surface area (Å²) in [5.74, 6) is 0.567. The van der Waals surface area contributed by atoms with E-state index in [-0.39, 0.29) is 5.91 Å². The van der Waals surface area contributed by atoms with Gasteiger partial charge in [-0.05, 0) is 30.3 Å². The summed E-state index contributed by atoms with van der Waals surface area (Å²) in [7, 11) is 1.76. The zero-order valence-electron chi connectivity index (χ0n) is 12.8. The Hall–Kier alpha value is -3.08. The molecule has 0 unspecified atom stereocenters. The Kier molecular flexibility index (Phi) is 4.38. The molecule has 0 aliphatic heterocycles. The van der Waals surface area contributed by atoms with E-state index in [4.69, 9.17) is 4.42 Å². The third-order valence-electron chi connectivity index (χ3n) is 3.39. The van der Waals surface area contributed by atoms with Crippen molar-refractivity contribution in [2.75, 3.05) is 7.05 Å². The fourth-order valence-corrected chi connectivity index (χ4v) is 2.18. The molecule has 0 radical (unpaired) electrons. The number of nitrogens with zero attached hydrogens (tertiary/aromatic N) is 3. The highest BCUT2D eigenvalue weighted by Gasteiger charge is 2.08. The van der Waals surface area contributed by atoms with Crippen LogP contribution in [0.4, 0.5) is 0 Å². The number of benzene rings is 1. The molecule has 3 aromatic rings. The third kappa shape index (κ3) is 3.77. The molecule has 2 aromatic heterocycles. The van der Waals surface area contributed by atoms with Crippen molar-refractivity contribution in [2.45, 2.75) is 6.54 Å². The lowest BCUT2D eigenvalue weighted by atomic mass is 10.3. The second-order valence-electron chi connectivity index (χ2n) is 5.17. The van der Waals surface area contributed by atoms with E-state index in [0.717, 1.165) is 11.3 Å². The summed E-state index contributed by atoms with van der Waals surface area (Å²) in [6, 6.07) is 13.4. The first-order chi connectivity index (χ1) is 11.2. The lowest BCUT2D eigenvalue weighted by Crippen LogP contribution is -2.23. The predicted molar refractivity (Wildman–Crippen MR) is 87.8 cm³/mol. The zero-order chi connectivity index (χ0) is 16.1. The Bertz CT molecular complexity index is 789. The van der Waals surface area contributed by atoms with Crippen LogP contribution in [0.2, 0.25) is 0 Å². The molecule has 5 nitrogen and oxygen atoms in total. The smallest absolute Gasteiger partial charge is 0.246 e. The highest BCUT2D eigenvalue weighted by molar-refractivity contribution is 5.91. The van der Waals surface area contributed by atoms with Gasteiger partial charge in [-0.15, -0.1) is 0 Å². The van der Waals surface area contributed by atoms with Gasteiger partial charge in [0.1, 0.15) is 5.76 Å². The number of rotatable bonds is 5. The van der Waals surface area contributed by atoms with Gasteiger partial charge in [0.15, 0.2) is 0 Å². The molecule has 0 saturated carbocycles. The van der Waals surface area contributed by atoms with Crippen molar-refractivity contribution >= 4 is 12.0 Å². The van der Waals surface area contributed by atoms with Crippen LogP contribution in [-0.2, 0) is 11.3 Å². The number of hydrogen-bond donors (Lipinski definition) is 0. The second kappa shape index (κ2) is 6.79. The molecular weight excluding hydrogens is 290 g/mol. The van der Waals surface area contributed by atoms with Crippen LogP contribution in [0.5, 0.6) is 0 Å². The number of amides is 1. The Morgan fingerprint density at radius 1 is 1.26 bits per heavy atom. The van der Waals surface area contributed by atoms with Crippen LogP contribution >= 0.6 is 0 Å². The SMILES string of the molecule is CN(Cc1cnn(-c2ccccc2)c1)C(=O)/C=C/c1ccco1. The molecule has 0 fully saturated rings. The molecule has 1 aromatic carbocycles. The lowest BCUT2D eigenvalue weighted by Gasteiger charge is -2.13. The summed E-state index contributed by atoms with van der Waals surface area (Å²) in [4.78, 5) is 13.7. The van der Waals surface area contributed by atoms with E-state index >= 15 is 0 Å². The monoisotopic (exact) mass is 307 g/mol. The van der Waals surface area contributed by atoms with Crippen LogP contribution < -0.4 is 0 Å². The van der Waals surface area contributed by atoms with Crippen LogP contribution in [0.3, 0.4) is 0 Å². The van der Waals surface area contributed by atoms with E-state index in [1.54, 1.807) is 47.3 Å². The number of para-hydroxylation sites is 1. The zero-order valence-corrected chi connectivity index (χ0v) is 12.8. The molecule has 0 aliphatic rings. The average Bonchev–Trinajstić information content (AvgIpc) is 3.25. The molecule has 23 heavy (non-hydrogen) atoms. The molecular formula is C18H17N3O2. The van der Waals surface area contributed by atoms with Crippen molar-refractivity contribution in [1.82, 2.24) is 14.7 Å². The number of likely N-dealkylation sites (N-methyl/N-ethyl adjacent to an activating group) is 1. The van der Waals surface area contributed by atoms with Crippen molar-refractivity contribution in [1.29, 1.82) is 0 Å². The third-order valence-corrected chi connectivity index (χ3v) is 3.39.